The van der Waals surface area contributed by atoms with Crippen LogP contribution >= 0.6 is 0 Å². The molecule has 28 heavy (non-hydrogen) atoms. The fourth-order valence-electron chi connectivity index (χ4n) is 3.23. The lowest BCUT2D eigenvalue weighted by molar-refractivity contribution is 0.0988. The van der Waals surface area contributed by atoms with Crippen molar-refractivity contribution in [3.05, 3.63) is 72.1 Å². The van der Waals surface area contributed by atoms with Crippen LogP contribution in [0.5, 0.6) is 5.75 Å². The number of rotatable bonds is 5. The van der Waals surface area contributed by atoms with E-state index in [1.807, 2.05) is 56.3 Å². The van der Waals surface area contributed by atoms with Crippen molar-refractivity contribution >= 4 is 23.2 Å². The number of hydrogen-bond acceptors (Lipinski definition) is 5. The van der Waals surface area contributed by atoms with Crippen LogP contribution in [-0.4, -0.2) is 28.5 Å². The molecule has 0 saturated carbocycles. The quantitative estimate of drug-likeness (QED) is 0.725. The number of aromatic nitrogens is 2. The van der Waals surface area contributed by atoms with Crippen molar-refractivity contribution in [2.24, 2.45) is 0 Å². The minimum Gasteiger partial charge on any atom is -0.491 e. The summed E-state index contributed by atoms with van der Waals surface area (Å²) >= 11 is 0. The van der Waals surface area contributed by atoms with E-state index >= 15 is 0 Å². The number of nitrogens with one attached hydrogen (secondary N) is 1. The summed E-state index contributed by atoms with van der Waals surface area (Å²) in [5.74, 6) is 1.18. The lowest BCUT2D eigenvalue weighted by atomic mass is 10.2. The zero-order valence-electron chi connectivity index (χ0n) is 15.9. The molecule has 1 amide bonds. The number of carbonyl (C=O) groups excluding carboxylic acids is 1. The van der Waals surface area contributed by atoms with E-state index in [2.05, 4.69) is 21.4 Å². The Morgan fingerprint density at radius 3 is 2.50 bits per heavy atom. The Labute approximate surface area is 164 Å². The summed E-state index contributed by atoms with van der Waals surface area (Å²) in [7, 11) is 0. The van der Waals surface area contributed by atoms with Crippen molar-refractivity contribution in [3.63, 3.8) is 0 Å². The van der Waals surface area contributed by atoms with E-state index in [9.17, 15) is 4.79 Å². The second kappa shape index (κ2) is 7.68. The van der Waals surface area contributed by atoms with E-state index in [1.165, 1.54) is 5.56 Å². The molecule has 3 aromatic rings. The van der Waals surface area contributed by atoms with Crippen LogP contribution < -0.4 is 15.0 Å². The van der Waals surface area contributed by atoms with Crippen LogP contribution in [0, 0.1) is 0 Å². The van der Waals surface area contributed by atoms with Gasteiger partial charge in [0.1, 0.15) is 5.75 Å². The second-order valence-corrected chi connectivity index (χ2v) is 6.95. The molecule has 2 heterocycles. The van der Waals surface area contributed by atoms with Gasteiger partial charge in [-0.2, -0.15) is 0 Å². The number of benzene rings is 2. The molecule has 1 N–H and O–H groups in total. The number of carbonyl (C=O) groups is 1. The third-order valence-corrected chi connectivity index (χ3v) is 4.51. The van der Waals surface area contributed by atoms with Gasteiger partial charge in [0, 0.05) is 30.3 Å². The maximum Gasteiger partial charge on any atom is 0.261 e. The zero-order valence-corrected chi connectivity index (χ0v) is 15.9. The van der Waals surface area contributed by atoms with Gasteiger partial charge in [0.25, 0.3) is 5.91 Å². The van der Waals surface area contributed by atoms with E-state index in [4.69, 9.17) is 4.74 Å². The Morgan fingerprint density at radius 1 is 1.07 bits per heavy atom. The third-order valence-electron chi connectivity index (χ3n) is 4.51. The molecule has 0 aliphatic carbocycles. The fraction of sp³-hybridized carbons (Fsp3) is 0.227. The lowest BCUT2D eigenvalue weighted by Gasteiger charge is -2.17. The molecule has 0 spiro atoms. The number of amides is 1. The molecular formula is C22H22N4O2. The predicted octanol–water partition coefficient (Wildman–Crippen LogP) is 4.21. The van der Waals surface area contributed by atoms with Crippen molar-refractivity contribution in [1.82, 2.24) is 9.97 Å². The molecule has 1 aliphatic rings. The highest BCUT2D eigenvalue weighted by molar-refractivity contribution is 6.07. The molecule has 6 nitrogen and oxygen atoms in total. The normalized spacial score (nSPS) is 12.8. The molecule has 4 rings (SSSR count). The average molecular weight is 374 g/mol. The van der Waals surface area contributed by atoms with Gasteiger partial charge in [-0.15, -0.1) is 0 Å². The molecule has 6 heteroatoms. The summed E-state index contributed by atoms with van der Waals surface area (Å²) in [6.07, 6.45) is 4.14. The zero-order chi connectivity index (χ0) is 19.5. The van der Waals surface area contributed by atoms with Gasteiger partial charge in [-0.3, -0.25) is 4.79 Å². The standard InChI is InChI=1S/C22H22N4O2/c1-15(2)28-19-9-7-18(8-10-19)25-22-23-13-17(14-24-22)21(27)26-12-11-16-5-3-4-6-20(16)26/h3-10,13-15H,11-12H2,1-2H3,(H,23,24,25). The molecule has 1 aliphatic heterocycles. The van der Waals surface area contributed by atoms with Crippen LogP contribution in [0.1, 0.15) is 29.8 Å². The van der Waals surface area contributed by atoms with Crippen LogP contribution in [0.25, 0.3) is 0 Å². The molecule has 0 saturated heterocycles. The lowest BCUT2D eigenvalue weighted by Crippen LogP contribution is -2.29. The summed E-state index contributed by atoms with van der Waals surface area (Å²) in [5, 5.41) is 3.13. The molecule has 0 radical (unpaired) electrons. The average Bonchev–Trinajstić information content (AvgIpc) is 3.13. The molecular weight excluding hydrogens is 352 g/mol. The monoisotopic (exact) mass is 374 g/mol. The van der Waals surface area contributed by atoms with E-state index in [0.29, 0.717) is 18.1 Å². The first-order valence-electron chi connectivity index (χ1n) is 9.36. The van der Waals surface area contributed by atoms with Crippen molar-refractivity contribution in [2.75, 3.05) is 16.8 Å². The smallest absolute Gasteiger partial charge is 0.261 e. The summed E-state index contributed by atoms with van der Waals surface area (Å²) in [6, 6.07) is 15.6. The Balaban J connectivity index is 1.43. The Kier molecular flexibility index (Phi) is 4.93. The largest absolute Gasteiger partial charge is 0.491 e. The maximum absolute atomic E-state index is 12.8. The summed E-state index contributed by atoms with van der Waals surface area (Å²) < 4.78 is 5.63. The third kappa shape index (κ3) is 3.81. The van der Waals surface area contributed by atoms with Gasteiger partial charge in [0.05, 0.1) is 11.7 Å². The minimum absolute atomic E-state index is 0.0771. The highest BCUT2D eigenvalue weighted by Gasteiger charge is 2.25. The molecule has 142 valence electrons. The molecule has 0 bridgehead atoms. The second-order valence-electron chi connectivity index (χ2n) is 6.95. The van der Waals surface area contributed by atoms with E-state index in [0.717, 1.165) is 23.5 Å². The number of ether oxygens (including phenoxy) is 1. The van der Waals surface area contributed by atoms with Gasteiger partial charge in [-0.1, -0.05) is 18.2 Å². The van der Waals surface area contributed by atoms with Crippen molar-refractivity contribution in [1.29, 1.82) is 0 Å². The minimum atomic E-state index is -0.0771. The maximum atomic E-state index is 12.8. The van der Waals surface area contributed by atoms with Crippen molar-refractivity contribution < 1.29 is 9.53 Å². The van der Waals surface area contributed by atoms with Gasteiger partial charge in [-0.25, -0.2) is 9.97 Å². The van der Waals surface area contributed by atoms with Crippen LogP contribution in [-0.2, 0) is 6.42 Å². The number of fused-ring (bicyclic) bond motifs is 1. The van der Waals surface area contributed by atoms with Gasteiger partial charge < -0.3 is 15.0 Å². The molecule has 2 aromatic carbocycles. The number of anilines is 3. The predicted molar refractivity (Wildman–Crippen MR) is 109 cm³/mol. The molecule has 0 atom stereocenters. The Morgan fingerprint density at radius 2 is 1.79 bits per heavy atom. The number of nitrogens with zero attached hydrogens (tertiary/aromatic N) is 3. The number of para-hydroxylation sites is 1. The molecule has 0 fully saturated rings. The van der Waals surface area contributed by atoms with E-state index in [1.54, 1.807) is 17.3 Å². The first kappa shape index (κ1) is 18.0. The topological polar surface area (TPSA) is 67.3 Å². The van der Waals surface area contributed by atoms with Crippen LogP contribution in [0.4, 0.5) is 17.3 Å². The van der Waals surface area contributed by atoms with E-state index < -0.39 is 0 Å². The van der Waals surface area contributed by atoms with Gasteiger partial charge in [0.15, 0.2) is 0 Å². The summed E-state index contributed by atoms with van der Waals surface area (Å²) in [4.78, 5) is 23.2. The van der Waals surface area contributed by atoms with E-state index in [-0.39, 0.29) is 12.0 Å². The Hall–Kier alpha value is -3.41. The summed E-state index contributed by atoms with van der Waals surface area (Å²) in [5.41, 5.74) is 3.49. The SMILES string of the molecule is CC(C)Oc1ccc(Nc2ncc(C(=O)N3CCc4ccccc43)cn2)cc1. The summed E-state index contributed by atoms with van der Waals surface area (Å²) in [6.45, 7) is 4.66. The van der Waals surface area contributed by atoms with Crippen LogP contribution in [0.2, 0.25) is 0 Å². The first-order chi connectivity index (χ1) is 13.6. The highest BCUT2D eigenvalue weighted by Crippen LogP contribution is 2.28. The van der Waals surface area contributed by atoms with Gasteiger partial charge in [0.2, 0.25) is 5.95 Å². The van der Waals surface area contributed by atoms with Crippen LogP contribution in [0.3, 0.4) is 0 Å². The number of hydrogen-bond donors (Lipinski definition) is 1. The highest BCUT2D eigenvalue weighted by atomic mass is 16.5. The Bertz CT molecular complexity index is 969. The van der Waals surface area contributed by atoms with Gasteiger partial charge >= 0.3 is 0 Å². The van der Waals surface area contributed by atoms with Crippen molar-refractivity contribution in [2.45, 2.75) is 26.4 Å². The molecule has 1 aromatic heterocycles. The molecule has 0 unspecified atom stereocenters. The fourth-order valence-corrected chi connectivity index (χ4v) is 3.23. The van der Waals surface area contributed by atoms with Gasteiger partial charge in [-0.05, 0) is 56.2 Å². The first-order valence-corrected chi connectivity index (χ1v) is 9.36. The van der Waals surface area contributed by atoms with Crippen LogP contribution in [0.15, 0.2) is 60.9 Å². The van der Waals surface area contributed by atoms with Crippen molar-refractivity contribution in [3.8, 4) is 5.75 Å².